The Labute approximate surface area is 94.8 Å². The van der Waals surface area contributed by atoms with Gasteiger partial charge in [0, 0.05) is 0 Å². The maximum atomic E-state index is 10.2. The van der Waals surface area contributed by atoms with Gasteiger partial charge in [0.15, 0.2) is 8.32 Å². The van der Waals surface area contributed by atoms with E-state index in [-0.39, 0.29) is 11.1 Å². The first-order valence-electron chi connectivity index (χ1n) is 6.13. The van der Waals surface area contributed by atoms with Gasteiger partial charge in [-0.3, -0.25) is 0 Å². The summed E-state index contributed by atoms with van der Waals surface area (Å²) >= 11 is 0. The van der Waals surface area contributed by atoms with Crippen LogP contribution in [0.4, 0.5) is 0 Å². The third-order valence-electron chi connectivity index (χ3n) is 4.27. The molecule has 1 aliphatic rings. The van der Waals surface area contributed by atoms with E-state index in [0.29, 0.717) is 5.92 Å². The van der Waals surface area contributed by atoms with E-state index < -0.39 is 8.32 Å². The third kappa shape index (κ3) is 3.57. The summed E-state index contributed by atoms with van der Waals surface area (Å²) in [6, 6.07) is 0. The lowest BCUT2D eigenvalue weighted by atomic mass is 9.82. The van der Waals surface area contributed by atoms with Crippen LogP contribution in [0.3, 0.4) is 0 Å². The molecule has 1 aliphatic carbocycles. The van der Waals surface area contributed by atoms with Crippen molar-refractivity contribution in [2.75, 3.05) is 0 Å². The average molecular weight is 230 g/mol. The van der Waals surface area contributed by atoms with E-state index in [2.05, 4.69) is 13.8 Å². The molecule has 0 unspecified atom stereocenters. The Morgan fingerprint density at radius 2 is 1.60 bits per heavy atom. The first-order valence-corrected chi connectivity index (χ1v) is 9.07. The highest BCUT2D eigenvalue weighted by molar-refractivity contribution is 6.72. The first kappa shape index (κ1) is 13.2. The summed E-state index contributed by atoms with van der Waals surface area (Å²) in [6.45, 7) is 8.46. The second-order valence-electron chi connectivity index (χ2n) is 6.32. The molecule has 0 radical (unpaired) electrons. The highest BCUT2D eigenvalue weighted by atomic mass is 28.4. The molecule has 0 aromatic heterocycles. The minimum absolute atomic E-state index is 0.0660. The second kappa shape index (κ2) is 4.56. The van der Waals surface area contributed by atoms with E-state index in [9.17, 15) is 9.90 Å². The zero-order chi connectivity index (χ0) is 11.7. The van der Waals surface area contributed by atoms with Gasteiger partial charge in [-0.15, -0.1) is 0 Å². The van der Waals surface area contributed by atoms with Gasteiger partial charge >= 0.3 is 0 Å². The largest absolute Gasteiger partial charge is 0.432 e. The molecule has 0 amide bonds. The molecule has 2 nitrogen and oxygen atoms in total. The maximum Gasteiger partial charge on any atom is 0.188 e. The van der Waals surface area contributed by atoms with Crippen LogP contribution in [0.25, 0.3) is 0 Å². The van der Waals surface area contributed by atoms with Crippen molar-refractivity contribution in [2.45, 2.75) is 70.2 Å². The number of hydrogen-bond donors (Lipinski definition) is 2. The Kier molecular flexibility index (Phi) is 4.01. The molecule has 0 heterocycles. The first-order chi connectivity index (χ1) is 6.72. The SMILES string of the molecule is CC(C)(CC1CCC(O)CC1)[Si](C)(C)O. The molecule has 90 valence electrons. The minimum Gasteiger partial charge on any atom is -0.432 e. The van der Waals surface area contributed by atoms with Crippen LogP contribution in [-0.4, -0.2) is 24.3 Å². The molecule has 15 heavy (non-hydrogen) atoms. The molecule has 1 fully saturated rings. The van der Waals surface area contributed by atoms with E-state index in [1.54, 1.807) is 0 Å². The zero-order valence-electron chi connectivity index (χ0n) is 10.6. The number of hydrogen-bond acceptors (Lipinski definition) is 2. The van der Waals surface area contributed by atoms with E-state index in [1.165, 1.54) is 0 Å². The molecule has 0 spiro atoms. The summed E-state index contributed by atoms with van der Waals surface area (Å²) in [5, 5.41) is 9.54. The molecule has 0 bridgehead atoms. The summed E-state index contributed by atoms with van der Waals surface area (Å²) < 4.78 is 0. The fourth-order valence-corrected chi connectivity index (χ4v) is 3.11. The molecule has 3 heteroatoms. The van der Waals surface area contributed by atoms with Crippen LogP contribution in [0.2, 0.25) is 18.1 Å². The van der Waals surface area contributed by atoms with Gasteiger partial charge in [-0.05, 0) is 56.2 Å². The van der Waals surface area contributed by atoms with Crippen molar-refractivity contribution < 1.29 is 9.90 Å². The normalized spacial score (nSPS) is 29.2. The highest BCUT2D eigenvalue weighted by Gasteiger charge is 2.39. The van der Waals surface area contributed by atoms with Gasteiger partial charge < -0.3 is 9.90 Å². The number of aliphatic hydroxyl groups excluding tert-OH is 1. The number of rotatable bonds is 3. The van der Waals surface area contributed by atoms with E-state index in [4.69, 9.17) is 0 Å². The summed E-state index contributed by atoms with van der Waals surface area (Å²) in [5.41, 5.74) is 0. The van der Waals surface area contributed by atoms with Gasteiger partial charge in [0.25, 0.3) is 0 Å². The third-order valence-corrected chi connectivity index (χ3v) is 7.79. The van der Waals surface area contributed by atoms with Crippen LogP contribution in [-0.2, 0) is 0 Å². The Bertz CT molecular complexity index is 200. The van der Waals surface area contributed by atoms with Crippen LogP contribution in [0.15, 0.2) is 0 Å². The summed E-state index contributed by atoms with van der Waals surface area (Å²) in [4.78, 5) is 10.2. The lowest BCUT2D eigenvalue weighted by Crippen LogP contribution is -2.40. The van der Waals surface area contributed by atoms with Gasteiger partial charge in [-0.25, -0.2) is 0 Å². The summed E-state index contributed by atoms with van der Waals surface area (Å²) in [5.74, 6) is 0.710. The van der Waals surface area contributed by atoms with Crippen molar-refractivity contribution >= 4 is 8.32 Å². The fraction of sp³-hybridized carbons (Fsp3) is 1.00. The molecule has 0 saturated heterocycles. The summed E-state index contributed by atoms with van der Waals surface area (Å²) in [6.07, 6.45) is 5.23. The number of aliphatic hydroxyl groups is 1. The maximum absolute atomic E-state index is 10.2. The van der Waals surface area contributed by atoms with Crippen molar-refractivity contribution in [3.63, 3.8) is 0 Å². The molecule has 0 aromatic rings. The molecule has 1 rings (SSSR count). The zero-order valence-corrected chi connectivity index (χ0v) is 11.6. The monoisotopic (exact) mass is 230 g/mol. The van der Waals surface area contributed by atoms with Crippen molar-refractivity contribution in [2.24, 2.45) is 5.92 Å². The van der Waals surface area contributed by atoms with E-state index in [1.807, 2.05) is 13.1 Å². The lowest BCUT2D eigenvalue weighted by Gasteiger charge is -2.39. The molecule has 0 aliphatic heterocycles. The van der Waals surface area contributed by atoms with Gasteiger partial charge in [0.05, 0.1) is 6.10 Å². The van der Waals surface area contributed by atoms with Crippen molar-refractivity contribution in [1.29, 1.82) is 0 Å². The predicted octanol–water partition coefficient (Wildman–Crippen LogP) is 2.91. The van der Waals surface area contributed by atoms with E-state index in [0.717, 1.165) is 32.1 Å². The lowest BCUT2D eigenvalue weighted by molar-refractivity contribution is 0.103. The standard InChI is InChI=1S/C12H26O2Si/c1-12(2,15(3,4)14)9-10-5-7-11(13)8-6-10/h10-11,13-14H,5-9H2,1-4H3. The van der Waals surface area contributed by atoms with Crippen LogP contribution in [0, 0.1) is 5.92 Å². The summed E-state index contributed by atoms with van der Waals surface area (Å²) in [7, 11) is -2.05. The quantitative estimate of drug-likeness (QED) is 0.732. The van der Waals surface area contributed by atoms with Gasteiger partial charge in [0.2, 0.25) is 0 Å². The molecular formula is C12H26O2Si. The Morgan fingerprint density at radius 3 is 2.00 bits per heavy atom. The Morgan fingerprint density at radius 1 is 1.13 bits per heavy atom. The van der Waals surface area contributed by atoms with Gasteiger partial charge in [-0.2, -0.15) is 0 Å². The molecular weight excluding hydrogens is 204 g/mol. The Balaban J connectivity index is 2.48. The van der Waals surface area contributed by atoms with Crippen molar-refractivity contribution in [1.82, 2.24) is 0 Å². The molecule has 1 saturated carbocycles. The van der Waals surface area contributed by atoms with Crippen molar-refractivity contribution in [3.8, 4) is 0 Å². The molecule has 2 N–H and O–H groups in total. The second-order valence-corrected chi connectivity index (χ2v) is 10.8. The van der Waals surface area contributed by atoms with Crippen LogP contribution in [0.5, 0.6) is 0 Å². The molecule has 0 atom stereocenters. The van der Waals surface area contributed by atoms with Crippen LogP contribution < -0.4 is 0 Å². The Hall–Kier alpha value is 0.137. The van der Waals surface area contributed by atoms with Crippen LogP contribution >= 0.6 is 0 Å². The van der Waals surface area contributed by atoms with Gasteiger partial charge in [0.1, 0.15) is 0 Å². The topological polar surface area (TPSA) is 40.5 Å². The average Bonchev–Trinajstić information content (AvgIpc) is 2.06. The van der Waals surface area contributed by atoms with E-state index >= 15 is 0 Å². The molecule has 0 aromatic carbocycles. The van der Waals surface area contributed by atoms with Gasteiger partial charge in [-0.1, -0.05) is 13.8 Å². The highest BCUT2D eigenvalue weighted by Crippen LogP contribution is 2.44. The van der Waals surface area contributed by atoms with Crippen LogP contribution in [0.1, 0.15) is 46.0 Å². The van der Waals surface area contributed by atoms with Crippen molar-refractivity contribution in [3.05, 3.63) is 0 Å². The predicted molar refractivity (Wildman–Crippen MR) is 66.3 cm³/mol. The smallest absolute Gasteiger partial charge is 0.188 e. The fourth-order valence-electron chi connectivity index (χ4n) is 2.32. The minimum atomic E-state index is -2.05.